The molecule has 0 fully saturated rings. The van der Waals surface area contributed by atoms with Gasteiger partial charge in [0.2, 0.25) is 10.0 Å². The van der Waals surface area contributed by atoms with Crippen LogP contribution in [0.5, 0.6) is 5.75 Å². The third-order valence-corrected chi connectivity index (χ3v) is 6.10. The lowest BCUT2D eigenvalue weighted by molar-refractivity contribution is -0.118. The van der Waals surface area contributed by atoms with Crippen molar-refractivity contribution in [3.63, 3.8) is 0 Å². The lowest BCUT2D eigenvalue weighted by Gasteiger charge is -2.14. The van der Waals surface area contributed by atoms with Gasteiger partial charge in [-0.05, 0) is 42.8 Å². The molecule has 0 bridgehead atoms. The van der Waals surface area contributed by atoms with Gasteiger partial charge in [-0.1, -0.05) is 29.3 Å². The summed E-state index contributed by atoms with van der Waals surface area (Å²) in [5.41, 5.74) is 1.34. The molecular formula is C17H18Cl2N2O4S. The Morgan fingerprint density at radius 3 is 2.46 bits per heavy atom. The van der Waals surface area contributed by atoms with Gasteiger partial charge < -0.3 is 10.1 Å². The van der Waals surface area contributed by atoms with E-state index in [1.54, 1.807) is 25.1 Å². The Hall–Kier alpha value is -1.80. The molecule has 2 aromatic carbocycles. The van der Waals surface area contributed by atoms with Crippen molar-refractivity contribution in [1.29, 1.82) is 0 Å². The molecule has 0 aromatic heterocycles. The third kappa shape index (κ3) is 4.67. The molecule has 140 valence electrons. The van der Waals surface area contributed by atoms with Gasteiger partial charge >= 0.3 is 0 Å². The quantitative estimate of drug-likeness (QED) is 0.780. The summed E-state index contributed by atoms with van der Waals surface area (Å²) < 4.78 is 30.6. The van der Waals surface area contributed by atoms with Crippen LogP contribution in [0.2, 0.25) is 10.0 Å². The molecule has 6 nitrogen and oxygen atoms in total. The van der Waals surface area contributed by atoms with Crippen molar-refractivity contribution in [2.24, 2.45) is 0 Å². The molecule has 0 aliphatic heterocycles. The normalized spacial score (nSPS) is 11.5. The summed E-state index contributed by atoms with van der Waals surface area (Å²) >= 11 is 12.1. The van der Waals surface area contributed by atoms with Crippen LogP contribution in [0.25, 0.3) is 0 Å². The molecule has 0 saturated heterocycles. The van der Waals surface area contributed by atoms with E-state index in [0.29, 0.717) is 10.7 Å². The molecule has 0 aliphatic rings. The van der Waals surface area contributed by atoms with E-state index in [2.05, 4.69) is 5.32 Å². The lowest BCUT2D eigenvalue weighted by atomic mass is 10.2. The molecule has 2 aromatic rings. The second-order valence-electron chi connectivity index (χ2n) is 5.63. The molecule has 0 atom stereocenters. The topological polar surface area (TPSA) is 75.7 Å². The number of ether oxygens (including phenoxy) is 1. The van der Waals surface area contributed by atoms with Crippen LogP contribution >= 0.6 is 23.2 Å². The Kier molecular flexibility index (Phi) is 6.52. The van der Waals surface area contributed by atoms with Crippen molar-refractivity contribution in [1.82, 2.24) is 4.31 Å². The number of hydrogen-bond donors (Lipinski definition) is 1. The molecule has 0 unspecified atom stereocenters. The molecule has 26 heavy (non-hydrogen) atoms. The number of carbonyl (C=O) groups is 1. The van der Waals surface area contributed by atoms with Gasteiger partial charge in [-0.3, -0.25) is 4.79 Å². The van der Waals surface area contributed by atoms with Crippen LogP contribution in [0.3, 0.4) is 0 Å². The number of benzene rings is 2. The summed E-state index contributed by atoms with van der Waals surface area (Å²) in [5.74, 6) is -0.182. The number of halogens is 2. The van der Waals surface area contributed by atoms with Crippen molar-refractivity contribution in [2.75, 3.05) is 26.0 Å². The van der Waals surface area contributed by atoms with Gasteiger partial charge in [0.05, 0.1) is 9.92 Å². The van der Waals surface area contributed by atoms with Crippen LogP contribution in [-0.2, 0) is 14.8 Å². The van der Waals surface area contributed by atoms with Crippen LogP contribution in [0.4, 0.5) is 5.69 Å². The van der Waals surface area contributed by atoms with E-state index in [4.69, 9.17) is 27.9 Å². The molecule has 0 heterocycles. The minimum absolute atomic E-state index is 0.0406. The molecule has 1 amide bonds. The molecule has 0 saturated carbocycles. The van der Waals surface area contributed by atoms with Gasteiger partial charge in [0, 0.05) is 24.8 Å². The number of nitrogens with one attached hydrogen (secondary N) is 1. The zero-order chi connectivity index (χ0) is 19.5. The summed E-state index contributed by atoms with van der Waals surface area (Å²) in [6.45, 7) is 1.50. The molecule has 2 rings (SSSR count). The Morgan fingerprint density at radius 1 is 1.15 bits per heavy atom. The fourth-order valence-corrected chi connectivity index (χ4v) is 3.45. The van der Waals surface area contributed by atoms with Crippen LogP contribution in [0, 0.1) is 6.92 Å². The fourth-order valence-electron chi connectivity index (χ4n) is 2.04. The van der Waals surface area contributed by atoms with Crippen molar-refractivity contribution in [3.05, 3.63) is 52.0 Å². The standard InChI is InChI=1S/C17H18Cl2N2O4S/c1-11-13(18)5-4-6-15(11)20-17(22)10-25-16-8-7-12(9-14(16)19)26(23,24)21(2)3/h4-9H,10H2,1-3H3,(H,20,22). The Morgan fingerprint density at radius 2 is 1.85 bits per heavy atom. The molecule has 9 heteroatoms. The van der Waals surface area contributed by atoms with Gasteiger partial charge in [-0.15, -0.1) is 0 Å². The highest BCUT2D eigenvalue weighted by Gasteiger charge is 2.19. The Balaban J connectivity index is 2.05. The maximum atomic E-state index is 12.1. The van der Waals surface area contributed by atoms with Crippen molar-refractivity contribution in [2.45, 2.75) is 11.8 Å². The zero-order valence-electron chi connectivity index (χ0n) is 14.4. The largest absolute Gasteiger partial charge is 0.482 e. The van der Waals surface area contributed by atoms with Gasteiger partial charge in [-0.2, -0.15) is 0 Å². The minimum Gasteiger partial charge on any atom is -0.482 e. The van der Waals surface area contributed by atoms with Crippen molar-refractivity contribution >= 4 is 44.8 Å². The van der Waals surface area contributed by atoms with Gasteiger partial charge in [0.15, 0.2) is 6.61 Å². The lowest BCUT2D eigenvalue weighted by Crippen LogP contribution is -2.22. The first-order chi connectivity index (χ1) is 12.1. The van der Waals surface area contributed by atoms with E-state index in [1.807, 2.05) is 0 Å². The van der Waals surface area contributed by atoms with Crippen LogP contribution < -0.4 is 10.1 Å². The third-order valence-electron chi connectivity index (χ3n) is 3.58. The molecule has 0 spiro atoms. The van der Waals surface area contributed by atoms with Gasteiger partial charge in [-0.25, -0.2) is 12.7 Å². The van der Waals surface area contributed by atoms with Crippen molar-refractivity contribution < 1.29 is 17.9 Å². The van der Waals surface area contributed by atoms with E-state index in [-0.39, 0.29) is 22.3 Å². The van der Waals surface area contributed by atoms with E-state index in [0.717, 1.165) is 9.87 Å². The molecular weight excluding hydrogens is 399 g/mol. The first-order valence-electron chi connectivity index (χ1n) is 7.52. The maximum Gasteiger partial charge on any atom is 0.262 e. The number of hydrogen-bond acceptors (Lipinski definition) is 4. The van der Waals surface area contributed by atoms with Crippen molar-refractivity contribution in [3.8, 4) is 5.75 Å². The molecule has 0 aliphatic carbocycles. The van der Waals surface area contributed by atoms with Gasteiger partial charge in [0.1, 0.15) is 5.75 Å². The second-order valence-corrected chi connectivity index (χ2v) is 8.60. The van der Waals surface area contributed by atoms with E-state index >= 15 is 0 Å². The second kappa shape index (κ2) is 8.26. The number of rotatable bonds is 6. The van der Waals surface area contributed by atoms with E-state index < -0.39 is 15.9 Å². The van der Waals surface area contributed by atoms with E-state index in [1.165, 1.54) is 32.3 Å². The highest BCUT2D eigenvalue weighted by atomic mass is 35.5. The highest BCUT2D eigenvalue weighted by Crippen LogP contribution is 2.28. The first kappa shape index (κ1) is 20.5. The number of sulfonamides is 1. The number of carbonyl (C=O) groups excluding carboxylic acids is 1. The predicted octanol–water partition coefficient (Wildman–Crippen LogP) is 3.57. The molecule has 0 radical (unpaired) electrons. The number of nitrogens with zero attached hydrogens (tertiary/aromatic N) is 1. The predicted molar refractivity (Wildman–Crippen MR) is 103 cm³/mol. The zero-order valence-corrected chi connectivity index (χ0v) is 16.7. The van der Waals surface area contributed by atoms with Crippen LogP contribution in [0.15, 0.2) is 41.3 Å². The van der Waals surface area contributed by atoms with E-state index in [9.17, 15) is 13.2 Å². The summed E-state index contributed by atoms with van der Waals surface area (Å²) in [7, 11) is -0.743. The number of anilines is 1. The summed E-state index contributed by atoms with van der Waals surface area (Å²) in [6, 6.07) is 9.25. The summed E-state index contributed by atoms with van der Waals surface area (Å²) in [5, 5.41) is 3.34. The minimum atomic E-state index is -3.60. The summed E-state index contributed by atoms with van der Waals surface area (Å²) in [4.78, 5) is 12.1. The smallest absolute Gasteiger partial charge is 0.262 e. The molecule has 1 N–H and O–H groups in total. The van der Waals surface area contributed by atoms with Crippen LogP contribution in [-0.4, -0.2) is 39.3 Å². The fraction of sp³-hybridized carbons (Fsp3) is 0.235. The average molecular weight is 417 g/mol. The highest BCUT2D eigenvalue weighted by molar-refractivity contribution is 7.89. The monoisotopic (exact) mass is 416 g/mol. The Labute approximate surface area is 162 Å². The average Bonchev–Trinajstić information content (AvgIpc) is 2.57. The summed E-state index contributed by atoms with van der Waals surface area (Å²) in [6.07, 6.45) is 0. The van der Waals surface area contributed by atoms with Gasteiger partial charge in [0.25, 0.3) is 5.91 Å². The maximum absolute atomic E-state index is 12.1. The number of amides is 1. The van der Waals surface area contributed by atoms with Crippen LogP contribution in [0.1, 0.15) is 5.56 Å². The SMILES string of the molecule is Cc1c(Cl)cccc1NC(=O)COc1ccc(S(=O)(=O)N(C)C)cc1Cl. The first-order valence-corrected chi connectivity index (χ1v) is 9.72. The Bertz CT molecular complexity index is 930.